The highest BCUT2D eigenvalue weighted by Crippen LogP contribution is 2.24. The molecule has 1 aromatic carbocycles. The standard InChI is InChI=1S/C17H22Cl2N2O3.ClH/c18-14-2-1-12(9-15(14)19)11-24-13-3-6-21(7-4-13)17(22)16-10-20-5-8-23-16;/h1-2,9,13,16,20H,3-8,10-11H2;1H. The lowest BCUT2D eigenvalue weighted by molar-refractivity contribution is -0.147. The third kappa shape index (κ3) is 5.71. The Morgan fingerprint density at radius 2 is 2.04 bits per heavy atom. The van der Waals surface area contributed by atoms with Crippen LogP contribution in [0.15, 0.2) is 18.2 Å². The highest BCUT2D eigenvalue weighted by molar-refractivity contribution is 6.42. The lowest BCUT2D eigenvalue weighted by atomic mass is 10.1. The summed E-state index contributed by atoms with van der Waals surface area (Å²) in [4.78, 5) is 14.3. The lowest BCUT2D eigenvalue weighted by Crippen LogP contribution is -2.51. The second kappa shape index (κ2) is 9.95. The van der Waals surface area contributed by atoms with Crippen molar-refractivity contribution in [3.63, 3.8) is 0 Å². The summed E-state index contributed by atoms with van der Waals surface area (Å²) in [5, 5.41) is 4.28. The Morgan fingerprint density at radius 3 is 2.68 bits per heavy atom. The molecule has 0 aliphatic carbocycles. The molecule has 0 spiro atoms. The average Bonchev–Trinajstić information content (AvgIpc) is 2.63. The SMILES string of the molecule is Cl.O=C(C1CNCCO1)N1CCC(OCc2ccc(Cl)c(Cl)c2)CC1. The summed E-state index contributed by atoms with van der Waals surface area (Å²) in [5.74, 6) is 0.0881. The van der Waals surface area contributed by atoms with Gasteiger partial charge in [-0.3, -0.25) is 4.79 Å². The third-order valence-corrected chi connectivity index (χ3v) is 5.17. The van der Waals surface area contributed by atoms with Gasteiger partial charge in [0, 0.05) is 26.2 Å². The maximum Gasteiger partial charge on any atom is 0.253 e. The van der Waals surface area contributed by atoms with Crippen molar-refractivity contribution in [2.45, 2.75) is 31.7 Å². The van der Waals surface area contributed by atoms with E-state index in [1.165, 1.54) is 0 Å². The van der Waals surface area contributed by atoms with Crippen LogP contribution < -0.4 is 5.32 Å². The van der Waals surface area contributed by atoms with E-state index in [1.807, 2.05) is 17.0 Å². The van der Waals surface area contributed by atoms with Gasteiger partial charge in [0.1, 0.15) is 6.10 Å². The Bertz CT molecular complexity index is 574. The fourth-order valence-electron chi connectivity index (χ4n) is 3.01. The third-order valence-electron chi connectivity index (χ3n) is 4.43. The van der Waals surface area contributed by atoms with E-state index in [2.05, 4.69) is 5.32 Å². The van der Waals surface area contributed by atoms with Crippen LogP contribution in [0.3, 0.4) is 0 Å². The first-order valence-corrected chi connectivity index (χ1v) is 9.05. The van der Waals surface area contributed by atoms with E-state index in [0.29, 0.717) is 42.9 Å². The number of benzene rings is 1. The van der Waals surface area contributed by atoms with Gasteiger partial charge >= 0.3 is 0 Å². The summed E-state index contributed by atoms with van der Waals surface area (Å²) in [5.41, 5.74) is 1.00. The first kappa shape index (κ1) is 20.7. The maximum atomic E-state index is 12.4. The molecule has 1 atom stereocenters. The van der Waals surface area contributed by atoms with Crippen LogP contribution in [0, 0.1) is 0 Å². The number of carbonyl (C=O) groups is 1. The number of hydrogen-bond acceptors (Lipinski definition) is 4. The predicted molar refractivity (Wildman–Crippen MR) is 101 cm³/mol. The number of hydrogen-bond donors (Lipinski definition) is 1. The van der Waals surface area contributed by atoms with Crippen molar-refractivity contribution in [3.8, 4) is 0 Å². The fraction of sp³-hybridized carbons (Fsp3) is 0.588. The largest absolute Gasteiger partial charge is 0.373 e. The number of nitrogens with one attached hydrogen (secondary N) is 1. The molecule has 0 bridgehead atoms. The molecular formula is C17H23Cl3N2O3. The Hall–Kier alpha value is -0.560. The number of halogens is 3. The normalized spacial score (nSPS) is 21.7. The van der Waals surface area contributed by atoms with E-state index in [9.17, 15) is 4.79 Å². The van der Waals surface area contributed by atoms with Gasteiger partial charge in [0.2, 0.25) is 0 Å². The minimum Gasteiger partial charge on any atom is -0.373 e. The summed E-state index contributed by atoms with van der Waals surface area (Å²) in [6.45, 7) is 3.95. The van der Waals surface area contributed by atoms with Crippen LogP contribution in [0.5, 0.6) is 0 Å². The van der Waals surface area contributed by atoms with Crippen molar-refractivity contribution in [1.82, 2.24) is 10.2 Å². The summed E-state index contributed by atoms with van der Waals surface area (Å²) in [7, 11) is 0. The molecule has 5 nitrogen and oxygen atoms in total. The van der Waals surface area contributed by atoms with E-state index in [4.69, 9.17) is 32.7 Å². The van der Waals surface area contributed by atoms with Gasteiger partial charge in [-0.05, 0) is 30.5 Å². The summed E-state index contributed by atoms with van der Waals surface area (Å²) in [6.07, 6.45) is 1.50. The van der Waals surface area contributed by atoms with Gasteiger partial charge in [-0.15, -0.1) is 12.4 Å². The molecule has 2 heterocycles. The van der Waals surface area contributed by atoms with Crippen LogP contribution in [-0.2, 0) is 20.9 Å². The smallest absolute Gasteiger partial charge is 0.253 e. The minimum absolute atomic E-state index is 0. The van der Waals surface area contributed by atoms with Gasteiger partial charge in [0.25, 0.3) is 5.91 Å². The molecule has 3 rings (SSSR count). The lowest BCUT2D eigenvalue weighted by Gasteiger charge is -2.35. The van der Waals surface area contributed by atoms with Crippen LogP contribution in [0.1, 0.15) is 18.4 Å². The number of piperidine rings is 1. The van der Waals surface area contributed by atoms with E-state index < -0.39 is 0 Å². The van der Waals surface area contributed by atoms with Crippen LogP contribution >= 0.6 is 35.6 Å². The molecule has 0 saturated carbocycles. The van der Waals surface area contributed by atoms with E-state index in [0.717, 1.165) is 24.9 Å². The number of rotatable bonds is 4. The zero-order chi connectivity index (χ0) is 16.9. The molecule has 1 amide bonds. The Morgan fingerprint density at radius 1 is 1.28 bits per heavy atom. The molecule has 25 heavy (non-hydrogen) atoms. The van der Waals surface area contributed by atoms with Crippen molar-refractivity contribution in [2.75, 3.05) is 32.8 Å². The molecule has 2 fully saturated rings. The first-order valence-electron chi connectivity index (χ1n) is 8.30. The topological polar surface area (TPSA) is 50.8 Å². The van der Waals surface area contributed by atoms with Crippen LogP contribution in [-0.4, -0.2) is 55.8 Å². The Kier molecular flexibility index (Phi) is 8.26. The summed E-state index contributed by atoms with van der Waals surface area (Å²) >= 11 is 11.9. The number of ether oxygens (including phenoxy) is 2. The highest BCUT2D eigenvalue weighted by Gasteiger charge is 2.30. The molecule has 1 N–H and O–H groups in total. The van der Waals surface area contributed by atoms with Gasteiger partial charge in [-0.1, -0.05) is 29.3 Å². The first-order chi connectivity index (χ1) is 11.6. The molecule has 2 aliphatic heterocycles. The van der Waals surface area contributed by atoms with Crippen LogP contribution in [0.4, 0.5) is 0 Å². The maximum absolute atomic E-state index is 12.4. The van der Waals surface area contributed by atoms with Crippen molar-refractivity contribution in [2.24, 2.45) is 0 Å². The van der Waals surface area contributed by atoms with Crippen molar-refractivity contribution >= 4 is 41.5 Å². The number of likely N-dealkylation sites (tertiary alicyclic amines) is 1. The molecule has 1 aromatic rings. The van der Waals surface area contributed by atoms with Gasteiger partial charge in [0.15, 0.2) is 0 Å². The molecule has 0 aromatic heterocycles. The summed E-state index contributed by atoms with van der Waals surface area (Å²) < 4.78 is 11.5. The quantitative estimate of drug-likeness (QED) is 0.831. The highest BCUT2D eigenvalue weighted by atomic mass is 35.5. The van der Waals surface area contributed by atoms with Gasteiger partial charge in [-0.25, -0.2) is 0 Å². The molecule has 0 radical (unpaired) electrons. The Labute approximate surface area is 164 Å². The average molecular weight is 410 g/mol. The number of amides is 1. The number of carbonyl (C=O) groups excluding carboxylic acids is 1. The molecule has 2 aliphatic rings. The fourth-order valence-corrected chi connectivity index (χ4v) is 3.33. The Balaban J connectivity index is 0.00000225. The molecular weight excluding hydrogens is 387 g/mol. The van der Waals surface area contributed by atoms with Gasteiger partial charge in [-0.2, -0.15) is 0 Å². The molecule has 8 heteroatoms. The van der Waals surface area contributed by atoms with E-state index in [-0.39, 0.29) is 30.5 Å². The second-order valence-electron chi connectivity index (χ2n) is 6.15. The minimum atomic E-state index is -0.340. The van der Waals surface area contributed by atoms with Crippen molar-refractivity contribution in [3.05, 3.63) is 33.8 Å². The van der Waals surface area contributed by atoms with Gasteiger partial charge in [0.05, 0.1) is 29.4 Å². The van der Waals surface area contributed by atoms with Crippen LogP contribution in [0.2, 0.25) is 10.0 Å². The zero-order valence-corrected chi connectivity index (χ0v) is 16.2. The van der Waals surface area contributed by atoms with Crippen LogP contribution in [0.25, 0.3) is 0 Å². The van der Waals surface area contributed by atoms with E-state index >= 15 is 0 Å². The van der Waals surface area contributed by atoms with Crippen molar-refractivity contribution < 1.29 is 14.3 Å². The molecule has 140 valence electrons. The second-order valence-corrected chi connectivity index (χ2v) is 6.96. The summed E-state index contributed by atoms with van der Waals surface area (Å²) in [6, 6.07) is 5.53. The predicted octanol–water partition coefficient (Wildman–Crippen LogP) is 2.91. The van der Waals surface area contributed by atoms with Gasteiger partial charge < -0.3 is 19.7 Å². The number of nitrogens with zero attached hydrogens (tertiary/aromatic N) is 1. The molecule has 2 saturated heterocycles. The monoisotopic (exact) mass is 408 g/mol. The number of morpholine rings is 1. The van der Waals surface area contributed by atoms with E-state index in [1.54, 1.807) is 6.07 Å². The zero-order valence-electron chi connectivity index (χ0n) is 13.9. The molecule has 1 unspecified atom stereocenters. The van der Waals surface area contributed by atoms with Crippen molar-refractivity contribution in [1.29, 1.82) is 0 Å².